The van der Waals surface area contributed by atoms with Crippen LogP contribution in [0.3, 0.4) is 0 Å². The highest BCUT2D eigenvalue weighted by Gasteiger charge is 2.01. The van der Waals surface area contributed by atoms with Crippen molar-refractivity contribution in [3.8, 4) is 0 Å². The van der Waals surface area contributed by atoms with Crippen molar-refractivity contribution < 1.29 is 4.79 Å². The summed E-state index contributed by atoms with van der Waals surface area (Å²) in [5.41, 5.74) is 6.41. The quantitative estimate of drug-likeness (QED) is 0.603. The monoisotopic (exact) mass is 211 g/mol. The van der Waals surface area contributed by atoms with E-state index in [1.165, 1.54) is 11.8 Å². The zero-order chi connectivity index (χ0) is 10.6. The van der Waals surface area contributed by atoms with Crippen LogP contribution in [0.25, 0.3) is 0 Å². The van der Waals surface area contributed by atoms with Gasteiger partial charge in [0.15, 0.2) is 5.16 Å². The molecule has 0 saturated heterocycles. The first-order valence-electron chi connectivity index (χ1n) is 4.31. The number of carbonyl (C=O) groups is 1. The fraction of sp³-hybridized carbons (Fsp3) is 0.444. The average molecular weight is 211 g/mol. The Hall–Kier alpha value is -1.10. The molecule has 76 valence electrons. The summed E-state index contributed by atoms with van der Waals surface area (Å²) in [6, 6.07) is 1.72. The van der Waals surface area contributed by atoms with Crippen LogP contribution in [0.1, 0.15) is 19.0 Å². The van der Waals surface area contributed by atoms with E-state index in [1.54, 1.807) is 13.0 Å². The van der Waals surface area contributed by atoms with Crippen molar-refractivity contribution in [1.82, 2.24) is 9.97 Å². The van der Waals surface area contributed by atoms with Crippen molar-refractivity contribution in [3.63, 3.8) is 0 Å². The van der Waals surface area contributed by atoms with E-state index < -0.39 is 0 Å². The molecule has 0 fully saturated rings. The Morgan fingerprint density at radius 3 is 2.86 bits per heavy atom. The molecule has 1 rings (SSSR count). The third-order valence-electron chi connectivity index (χ3n) is 1.54. The third-order valence-corrected chi connectivity index (χ3v) is 2.39. The Morgan fingerprint density at radius 2 is 2.29 bits per heavy atom. The molecule has 0 spiro atoms. The molecule has 0 aliphatic heterocycles. The molecule has 0 aliphatic carbocycles. The van der Waals surface area contributed by atoms with Crippen LogP contribution in [-0.2, 0) is 4.79 Å². The summed E-state index contributed by atoms with van der Waals surface area (Å²) in [6.07, 6.45) is 0.544. The van der Waals surface area contributed by atoms with Crippen LogP contribution in [0.2, 0.25) is 0 Å². The Bertz CT molecular complexity index is 321. The van der Waals surface area contributed by atoms with Gasteiger partial charge in [-0.1, -0.05) is 11.8 Å². The highest BCUT2D eigenvalue weighted by Crippen LogP contribution is 2.15. The summed E-state index contributed by atoms with van der Waals surface area (Å²) >= 11 is 1.45. The van der Waals surface area contributed by atoms with Crippen LogP contribution in [0.15, 0.2) is 11.2 Å². The fourth-order valence-electron chi connectivity index (χ4n) is 0.915. The van der Waals surface area contributed by atoms with Crippen molar-refractivity contribution in [1.29, 1.82) is 0 Å². The summed E-state index contributed by atoms with van der Waals surface area (Å²) in [7, 11) is 0. The summed E-state index contributed by atoms with van der Waals surface area (Å²) in [5.74, 6) is 1.36. The number of ketones is 1. The van der Waals surface area contributed by atoms with Crippen LogP contribution in [0.4, 0.5) is 5.82 Å². The average Bonchev–Trinajstić information content (AvgIpc) is 2.01. The minimum absolute atomic E-state index is 0.179. The van der Waals surface area contributed by atoms with Crippen LogP contribution >= 0.6 is 11.8 Å². The zero-order valence-electron chi connectivity index (χ0n) is 8.28. The number of aromatic nitrogens is 2. The van der Waals surface area contributed by atoms with E-state index in [1.807, 2.05) is 6.92 Å². The maximum absolute atomic E-state index is 10.7. The Labute approximate surface area is 87.3 Å². The summed E-state index contributed by atoms with van der Waals surface area (Å²) in [4.78, 5) is 18.9. The molecule has 0 aromatic carbocycles. The first-order chi connectivity index (χ1) is 6.58. The van der Waals surface area contributed by atoms with Crippen molar-refractivity contribution in [2.75, 3.05) is 11.5 Å². The topological polar surface area (TPSA) is 68.9 Å². The molecule has 0 radical (unpaired) electrons. The predicted octanol–water partition coefficient (Wildman–Crippen LogP) is 1.44. The number of rotatable bonds is 4. The number of nitrogens with two attached hydrogens (primary N) is 1. The number of carbonyl (C=O) groups excluding carboxylic acids is 1. The van der Waals surface area contributed by atoms with Crippen molar-refractivity contribution >= 4 is 23.4 Å². The third kappa shape index (κ3) is 3.74. The maximum Gasteiger partial charge on any atom is 0.189 e. The summed E-state index contributed by atoms with van der Waals surface area (Å²) in [6.45, 7) is 3.44. The number of anilines is 1. The molecule has 0 amide bonds. The smallest absolute Gasteiger partial charge is 0.189 e. The molecule has 0 aliphatic rings. The second-order valence-corrected chi connectivity index (χ2v) is 4.08. The molecule has 0 bridgehead atoms. The minimum atomic E-state index is 0.179. The number of thioether (sulfide) groups is 1. The van der Waals surface area contributed by atoms with Gasteiger partial charge in [-0.05, 0) is 13.8 Å². The fourth-order valence-corrected chi connectivity index (χ4v) is 1.87. The Kier molecular flexibility index (Phi) is 3.88. The molecule has 1 heterocycles. The summed E-state index contributed by atoms with van der Waals surface area (Å²) < 4.78 is 0. The van der Waals surface area contributed by atoms with Gasteiger partial charge in [0.25, 0.3) is 0 Å². The van der Waals surface area contributed by atoms with Gasteiger partial charge < -0.3 is 5.73 Å². The number of hydrogen-bond donors (Lipinski definition) is 1. The number of Topliss-reactive ketones (excluding diaryl/α,β-unsaturated/α-hetero) is 1. The van der Waals surface area contributed by atoms with E-state index in [2.05, 4.69) is 9.97 Å². The van der Waals surface area contributed by atoms with Gasteiger partial charge in [-0.2, -0.15) is 0 Å². The number of nitrogen functional groups attached to an aromatic ring is 1. The largest absolute Gasteiger partial charge is 0.384 e. The first kappa shape index (κ1) is 11.0. The molecule has 0 unspecified atom stereocenters. The summed E-state index contributed by atoms with van der Waals surface area (Å²) in [5, 5.41) is 0.642. The van der Waals surface area contributed by atoms with E-state index >= 15 is 0 Å². The second-order valence-electron chi connectivity index (χ2n) is 3.02. The van der Waals surface area contributed by atoms with Crippen molar-refractivity contribution in [3.05, 3.63) is 11.8 Å². The van der Waals surface area contributed by atoms with Gasteiger partial charge in [0.1, 0.15) is 11.6 Å². The number of aryl methyl sites for hydroxylation is 1. The molecule has 0 saturated carbocycles. The van der Waals surface area contributed by atoms with Crippen LogP contribution in [0, 0.1) is 6.92 Å². The standard InChI is InChI=1S/C9H13N3OS/c1-6-5-8(10)12-9(11-6)14-4-3-7(2)13/h5H,3-4H2,1-2H3,(H2,10,11,12). The molecule has 0 atom stereocenters. The molecule has 1 aromatic heterocycles. The van der Waals surface area contributed by atoms with Gasteiger partial charge >= 0.3 is 0 Å². The van der Waals surface area contributed by atoms with Gasteiger partial charge in [-0.3, -0.25) is 4.79 Å². The Morgan fingerprint density at radius 1 is 1.57 bits per heavy atom. The zero-order valence-corrected chi connectivity index (χ0v) is 9.10. The minimum Gasteiger partial charge on any atom is -0.384 e. The lowest BCUT2D eigenvalue weighted by Gasteiger charge is -2.01. The number of nitrogens with zero attached hydrogens (tertiary/aromatic N) is 2. The molecule has 4 nitrogen and oxygen atoms in total. The van der Waals surface area contributed by atoms with E-state index in [-0.39, 0.29) is 5.78 Å². The lowest BCUT2D eigenvalue weighted by molar-refractivity contribution is -0.116. The second kappa shape index (κ2) is 4.95. The predicted molar refractivity (Wildman–Crippen MR) is 57.2 cm³/mol. The van der Waals surface area contributed by atoms with Crippen LogP contribution < -0.4 is 5.73 Å². The maximum atomic E-state index is 10.7. The molecule has 14 heavy (non-hydrogen) atoms. The molecule has 1 aromatic rings. The van der Waals surface area contributed by atoms with Crippen LogP contribution in [-0.4, -0.2) is 21.5 Å². The van der Waals surface area contributed by atoms with Gasteiger partial charge in [0, 0.05) is 23.9 Å². The van der Waals surface area contributed by atoms with Crippen molar-refractivity contribution in [2.45, 2.75) is 25.4 Å². The highest BCUT2D eigenvalue weighted by molar-refractivity contribution is 7.99. The van der Waals surface area contributed by atoms with E-state index in [0.29, 0.717) is 23.1 Å². The van der Waals surface area contributed by atoms with E-state index in [9.17, 15) is 4.79 Å². The lowest BCUT2D eigenvalue weighted by atomic mass is 10.4. The Balaban J connectivity index is 2.54. The van der Waals surface area contributed by atoms with E-state index in [4.69, 9.17) is 5.73 Å². The highest BCUT2D eigenvalue weighted by atomic mass is 32.2. The molecular weight excluding hydrogens is 198 g/mol. The van der Waals surface area contributed by atoms with Crippen molar-refractivity contribution in [2.24, 2.45) is 0 Å². The number of hydrogen-bond acceptors (Lipinski definition) is 5. The van der Waals surface area contributed by atoms with Gasteiger partial charge in [-0.15, -0.1) is 0 Å². The molecule has 2 N–H and O–H groups in total. The van der Waals surface area contributed by atoms with E-state index in [0.717, 1.165) is 5.69 Å². The lowest BCUT2D eigenvalue weighted by Crippen LogP contribution is -1.98. The van der Waals surface area contributed by atoms with Gasteiger partial charge in [-0.25, -0.2) is 9.97 Å². The van der Waals surface area contributed by atoms with Gasteiger partial charge in [0.2, 0.25) is 0 Å². The van der Waals surface area contributed by atoms with Crippen LogP contribution in [0.5, 0.6) is 0 Å². The normalized spacial score (nSPS) is 10.1. The first-order valence-corrected chi connectivity index (χ1v) is 5.30. The molecule has 5 heteroatoms. The SMILES string of the molecule is CC(=O)CCSc1nc(C)cc(N)n1. The molecular formula is C9H13N3OS. The van der Waals surface area contributed by atoms with Gasteiger partial charge in [0.05, 0.1) is 0 Å².